The Morgan fingerprint density at radius 1 is 1.35 bits per heavy atom. The van der Waals surface area contributed by atoms with Gasteiger partial charge in [0, 0.05) is 12.1 Å². The van der Waals surface area contributed by atoms with Crippen LogP contribution in [0.15, 0.2) is 17.0 Å². The fraction of sp³-hybridized carbons (Fsp3) is 0.200. The van der Waals surface area contributed by atoms with Gasteiger partial charge in [-0.1, -0.05) is 23.2 Å². The van der Waals surface area contributed by atoms with E-state index in [2.05, 4.69) is 0 Å². The van der Waals surface area contributed by atoms with Gasteiger partial charge in [0.25, 0.3) is 0 Å². The fourth-order valence-electron chi connectivity index (χ4n) is 1.38. The lowest BCUT2D eigenvalue weighted by Gasteiger charge is -2.17. The Morgan fingerprint density at radius 2 is 1.90 bits per heavy atom. The van der Waals surface area contributed by atoms with Crippen LogP contribution in [0.1, 0.15) is 10.4 Å². The Labute approximate surface area is 124 Å². The third-order valence-corrected chi connectivity index (χ3v) is 4.87. The number of halogens is 2. The van der Waals surface area contributed by atoms with Crippen molar-refractivity contribution in [1.29, 1.82) is 0 Å². The van der Waals surface area contributed by atoms with Crippen molar-refractivity contribution >= 4 is 45.1 Å². The van der Waals surface area contributed by atoms with E-state index in [9.17, 15) is 18.0 Å². The SMILES string of the molecule is CN(CC(N)=O)S(=O)(=O)c1cc(Cl)cc(C(=O)O)c1Cl. The zero-order valence-corrected chi connectivity index (χ0v) is 12.5. The monoisotopic (exact) mass is 340 g/mol. The lowest BCUT2D eigenvalue weighted by molar-refractivity contribution is -0.118. The molecule has 0 heterocycles. The first-order chi connectivity index (χ1) is 9.07. The largest absolute Gasteiger partial charge is 0.478 e. The molecule has 1 aromatic carbocycles. The van der Waals surface area contributed by atoms with Gasteiger partial charge in [-0.2, -0.15) is 4.31 Å². The molecule has 0 unspecified atom stereocenters. The number of nitrogens with two attached hydrogens (primary N) is 1. The number of carbonyl (C=O) groups is 2. The summed E-state index contributed by atoms with van der Waals surface area (Å²) in [5.74, 6) is -2.29. The van der Waals surface area contributed by atoms with Gasteiger partial charge in [-0.15, -0.1) is 0 Å². The number of hydrogen-bond donors (Lipinski definition) is 2. The van der Waals surface area contributed by atoms with Gasteiger partial charge in [0.2, 0.25) is 15.9 Å². The second kappa shape index (κ2) is 5.96. The number of carboxylic acid groups (broad SMARTS) is 1. The molecule has 0 aliphatic heterocycles. The fourth-order valence-corrected chi connectivity index (χ4v) is 3.39. The van der Waals surface area contributed by atoms with E-state index < -0.39 is 43.9 Å². The van der Waals surface area contributed by atoms with Crippen molar-refractivity contribution in [3.05, 3.63) is 27.7 Å². The molecule has 0 fully saturated rings. The van der Waals surface area contributed by atoms with Crippen molar-refractivity contribution in [2.45, 2.75) is 4.90 Å². The van der Waals surface area contributed by atoms with Gasteiger partial charge in [-0.3, -0.25) is 4.79 Å². The summed E-state index contributed by atoms with van der Waals surface area (Å²) in [7, 11) is -3.08. The Kier molecular flexibility index (Phi) is 4.98. The number of nitrogens with zero attached hydrogens (tertiary/aromatic N) is 1. The Bertz CT molecular complexity index is 674. The van der Waals surface area contributed by atoms with Gasteiger partial charge in [0.15, 0.2) is 0 Å². The lowest BCUT2D eigenvalue weighted by Crippen LogP contribution is -2.35. The molecular weight excluding hydrogens is 331 g/mol. The zero-order chi connectivity index (χ0) is 15.7. The summed E-state index contributed by atoms with van der Waals surface area (Å²) in [6, 6.07) is 2.03. The molecule has 0 spiro atoms. The average Bonchev–Trinajstić information content (AvgIpc) is 2.30. The summed E-state index contributed by atoms with van der Waals surface area (Å²) in [4.78, 5) is 21.2. The second-order valence-corrected chi connectivity index (χ2v) is 6.63. The molecule has 20 heavy (non-hydrogen) atoms. The zero-order valence-electron chi connectivity index (χ0n) is 10.1. The first-order valence-corrected chi connectivity index (χ1v) is 7.24. The summed E-state index contributed by atoms with van der Waals surface area (Å²) in [5, 5.41) is 8.34. The minimum atomic E-state index is -4.19. The minimum absolute atomic E-state index is 0.113. The van der Waals surface area contributed by atoms with Crippen LogP contribution in [0.5, 0.6) is 0 Å². The molecule has 0 saturated carbocycles. The highest BCUT2D eigenvalue weighted by Crippen LogP contribution is 2.31. The van der Waals surface area contributed by atoms with Crippen LogP contribution in [0, 0.1) is 0 Å². The lowest BCUT2D eigenvalue weighted by atomic mass is 10.2. The highest BCUT2D eigenvalue weighted by atomic mass is 35.5. The van der Waals surface area contributed by atoms with Crippen LogP contribution in [0.3, 0.4) is 0 Å². The standard InChI is InChI=1S/C10H10Cl2N2O5S/c1-14(4-8(13)15)20(18,19)7-3-5(11)2-6(9(7)12)10(16)17/h2-3H,4H2,1H3,(H2,13,15)(H,16,17). The maximum atomic E-state index is 12.2. The molecular formula is C10H10Cl2N2O5S. The van der Waals surface area contributed by atoms with Gasteiger partial charge in [0.05, 0.1) is 17.1 Å². The van der Waals surface area contributed by atoms with Crippen molar-refractivity contribution < 1.29 is 23.1 Å². The molecule has 1 amide bonds. The van der Waals surface area contributed by atoms with Crippen LogP contribution in [-0.4, -0.2) is 43.3 Å². The average molecular weight is 341 g/mol. The molecule has 0 bridgehead atoms. The number of rotatable bonds is 5. The van der Waals surface area contributed by atoms with Crippen LogP contribution in [-0.2, 0) is 14.8 Å². The maximum Gasteiger partial charge on any atom is 0.337 e. The predicted octanol–water partition coefficient (Wildman–Crippen LogP) is 0.797. The number of hydrogen-bond acceptors (Lipinski definition) is 4. The van der Waals surface area contributed by atoms with Gasteiger partial charge < -0.3 is 10.8 Å². The maximum absolute atomic E-state index is 12.2. The van der Waals surface area contributed by atoms with Crippen LogP contribution in [0.4, 0.5) is 0 Å². The molecule has 1 rings (SSSR count). The van der Waals surface area contributed by atoms with Crippen molar-refractivity contribution in [2.24, 2.45) is 5.73 Å². The number of sulfonamides is 1. The number of amides is 1. The van der Waals surface area contributed by atoms with E-state index in [1.807, 2.05) is 0 Å². The minimum Gasteiger partial charge on any atom is -0.478 e. The summed E-state index contributed by atoms with van der Waals surface area (Å²) >= 11 is 11.5. The molecule has 0 saturated heterocycles. The van der Waals surface area contributed by atoms with E-state index in [-0.39, 0.29) is 5.02 Å². The Hall–Kier alpha value is -1.35. The highest BCUT2D eigenvalue weighted by molar-refractivity contribution is 7.89. The van der Waals surface area contributed by atoms with E-state index >= 15 is 0 Å². The molecule has 7 nitrogen and oxygen atoms in total. The number of carboxylic acids is 1. The smallest absolute Gasteiger partial charge is 0.337 e. The first kappa shape index (κ1) is 16.7. The number of carbonyl (C=O) groups excluding carboxylic acids is 1. The Balaban J connectivity index is 3.46. The van der Waals surface area contributed by atoms with E-state index in [1.165, 1.54) is 0 Å². The number of aromatic carboxylic acids is 1. The quantitative estimate of drug-likeness (QED) is 0.821. The third kappa shape index (κ3) is 3.40. The van der Waals surface area contributed by atoms with Gasteiger partial charge in [0.1, 0.15) is 4.90 Å². The Morgan fingerprint density at radius 3 is 2.35 bits per heavy atom. The van der Waals surface area contributed by atoms with Gasteiger partial charge in [-0.25, -0.2) is 13.2 Å². The van der Waals surface area contributed by atoms with Gasteiger partial charge in [-0.05, 0) is 12.1 Å². The van der Waals surface area contributed by atoms with E-state index in [4.69, 9.17) is 34.0 Å². The molecule has 0 aliphatic rings. The van der Waals surface area contributed by atoms with Crippen molar-refractivity contribution in [1.82, 2.24) is 4.31 Å². The molecule has 0 radical (unpaired) electrons. The molecule has 3 N–H and O–H groups in total. The van der Waals surface area contributed by atoms with Crippen LogP contribution in [0.25, 0.3) is 0 Å². The summed E-state index contributed by atoms with van der Waals surface area (Å²) < 4.78 is 25.0. The van der Waals surface area contributed by atoms with E-state index in [0.717, 1.165) is 19.2 Å². The normalized spacial score (nSPS) is 11.6. The summed E-state index contributed by atoms with van der Waals surface area (Å²) in [6.07, 6.45) is 0. The number of primary amides is 1. The predicted molar refractivity (Wildman–Crippen MR) is 72.4 cm³/mol. The topological polar surface area (TPSA) is 118 Å². The molecule has 0 aliphatic carbocycles. The van der Waals surface area contributed by atoms with Gasteiger partial charge >= 0.3 is 5.97 Å². The molecule has 0 aromatic heterocycles. The van der Waals surface area contributed by atoms with Crippen molar-refractivity contribution in [3.63, 3.8) is 0 Å². The number of likely N-dealkylation sites (N-methyl/N-ethyl adjacent to an activating group) is 1. The first-order valence-electron chi connectivity index (χ1n) is 5.04. The summed E-state index contributed by atoms with van der Waals surface area (Å²) in [6.45, 7) is -0.576. The van der Waals surface area contributed by atoms with Crippen molar-refractivity contribution in [2.75, 3.05) is 13.6 Å². The van der Waals surface area contributed by atoms with Crippen LogP contribution >= 0.6 is 23.2 Å². The van der Waals surface area contributed by atoms with Crippen molar-refractivity contribution in [3.8, 4) is 0 Å². The molecule has 1 aromatic rings. The summed E-state index contributed by atoms with van der Waals surface area (Å²) in [5.41, 5.74) is 4.46. The van der Waals surface area contributed by atoms with E-state index in [1.54, 1.807) is 0 Å². The number of benzene rings is 1. The highest BCUT2D eigenvalue weighted by Gasteiger charge is 2.28. The second-order valence-electron chi connectivity index (χ2n) is 3.80. The molecule has 0 atom stereocenters. The molecule has 10 heteroatoms. The van der Waals surface area contributed by atoms with Crippen LogP contribution < -0.4 is 5.73 Å². The molecule has 110 valence electrons. The third-order valence-electron chi connectivity index (χ3n) is 2.30. The van der Waals surface area contributed by atoms with E-state index in [0.29, 0.717) is 4.31 Å². The van der Waals surface area contributed by atoms with Crippen LogP contribution in [0.2, 0.25) is 10.0 Å².